The molecular formula is C43H52O7. The van der Waals surface area contributed by atoms with Gasteiger partial charge >= 0.3 is 5.97 Å². The van der Waals surface area contributed by atoms with Gasteiger partial charge in [0.2, 0.25) is 0 Å². The number of aliphatic carboxylic acids is 1. The fourth-order valence-electron chi connectivity index (χ4n) is 10.4. The molecule has 0 amide bonds. The van der Waals surface area contributed by atoms with E-state index in [4.69, 9.17) is 5.11 Å². The second-order valence-electron chi connectivity index (χ2n) is 16.8. The Morgan fingerprint density at radius 3 is 2.00 bits per heavy atom. The summed E-state index contributed by atoms with van der Waals surface area (Å²) in [5, 5.41) is 58.6. The van der Waals surface area contributed by atoms with E-state index < -0.39 is 11.4 Å². The largest absolute Gasteiger partial charge is 0.508 e. The standard InChI is InChI=1S/C29H40O4.C14H12O3/c1-17-18-7-8-21-27(4,19(18)15-20(30)23(17)31)12-14-29(6)22-16-26(3,24(32)33)10-9-25(22,2)11-13-28(21,29)5;15-12-5-3-10(4-6-12)1-2-11-7-13(16)9-14(17)8-11/h8,15,22,30-31H,7,9-14,16H2,1-6H3,(H,32,33);1-9,15-17H. The second-order valence-corrected chi connectivity index (χ2v) is 16.8. The molecule has 266 valence electrons. The molecule has 0 aromatic heterocycles. The second kappa shape index (κ2) is 12.1. The van der Waals surface area contributed by atoms with Gasteiger partial charge in [0.1, 0.15) is 17.2 Å². The van der Waals surface area contributed by atoms with E-state index in [9.17, 15) is 30.3 Å². The van der Waals surface area contributed by atoms with Gasteiger partial charge in [0, 0.05) is 11.5 Å². The maximum Gasteiger partial charge on any atom is 0.309 e. The number of allylic oxidation sites excluding steroid dienone is 2. The lowest BCUT2D eigenvalue weighted by atomic mass is 9.34. The first kappa shape index (κ1) is 35.4. The molecule has 3 saturated carbocycles. The molecule has 3 aromatic carbocycles. The number of carboxylic acid groups (broad SMARTS) is 1. The van der Waals surface area contributed by atoms with Gasteiger partial charge in [-0.15, -0.1) is 0 Å². The number of aromatic hydroxyl groups is 5. The molecule has 3 fully saturated rings. The number of fused-ring (bicyclic) bond motifs is 7. The van der Waals surface area contributed by atoms with Crippen molar-refractivity contribution in [1.82, 2.24) is 0 Å². The zero-order valence-corrected chi connectivity index (χ0v) is 30.2. The number of phenolic OH excluding ortho intramolecular Hbond substituents is 5. The summed E-state index contributed by atoms with van der Waals surface area (Å²) in [7, 11) is 0. The van der Waals surface area contributed by atoms with Crippen molar-refractivity contribution in [2.24, 2.45) is 27.6 Å². The molecule has 7 rings (SSSR count). The van der Waals surface area contributed by atoms with Crippen molar-refractivity contribution in [3.8, 4) is 28.7 Å². The van der Waals surface area contributed by atoms with E-state index in [1.54, 1.807) is 42.5 Å². The van der Waals surface area contributed by atoms with E-state index >= 15 is 0 Å². The molecule has 7 heteroatoms. The van der Waals surface area contributed by atoms with E-state index in [1.807, 2.05) is 26.0 Å². The zero-order chi connectivity index (χ0) is 36.4. The monoisotopic (exact) mass is 680 g/mol. The Bertz CT molecular complexity index is 1870. The predicted octanol–water partition coefficient (Wildman–Crippen LogP) is 9.62. The molecule has 6 atom stereocenters. The molecule has 7 nitrogen and oxygen atoms in total. The highest BCUT2D eigenvalue weighted by Crippen LogP contribution is 2.74. The molecule has 50 heavy (non-hydrogen) atoms. The van der Waals surface area contributed by atoms with Crippen LogP contribution in [0.5, 0.6) is 28.7 Å². The SMILES string of the molecule is Cc1c(O)c(O)cc2c1CC=C1C2(C)CCC2(C)C3CC(C)(C(=O)O)CCC3(C)CCC12C.Oc1ccc(C=Cc2cc(O)cc(O)c2)cc1. The first-order valence-electron chi connectivity index (χ1n) is 17.8. The molecule has 0 bridgehead atoms. The smallest absolute Gasteiger partial charge is 0.309 e. The molecule has 0 aliphatic heterocycles. The number of benzene rings is 3. The van der Waals surface area contributed by atoms with Crippen LogP contribution in [0.25, 0.3) is 12.2 Å². The Kier molecular flexibility index (Phi) is 8.60. The third kappa shape index (κ3) is 5.63. The minimum atomic E-state index is -0.641. The molecular weight excluding hydrogens is 628 g/mol. The van der Waals surface area contributed by atoms with Crippen LogP contribution in [0, 0.1) is 34.5 Å². The summed E-state index contributed by atoms with van der Waals surface area (Å²) < 4.78 is 0. The van der Waals surface area contributed by atoms with Crippen LogP contribution >= 0.6 is 0 Å². The van der Waals surface area contributed by atoms with Gasteiger partial charge in [0.25, 0.3) is 0 Å². The van der Waals surface area contributed by atoms with E-state index in [-0.39, 0.29) is 50.4 Å². The molecule has 0 spiro atoms. The Labute approximate surface area is 295 Å². The number of phenols is 5. The van der Waals surface area contributed by atoms with Gasteiger partial charge < -0.3 is 30.6 Å². The molecule has 3 aromatic rings. The van der Waals surface area contributed by atoms with Gasteiger partial charge in [0.15, 0.2) is 11.5 Å². The van der Waals surface area contributed by atoms with Crippen molar-refractivity contribution in [2.45, 2.75) is 98.3 Å². The van der Waals surface area contributed by atoms with Crippen molar-refractivity contribution < 1.29 is 35.4 Å². The van der Waals surface area contributed by atoms with Gasteiger partial charge in [-0.2, -0.15) is 0 Å². The average Bonchev–Trinajstić information content (AvgIpc) is 3.06. The maximum absolute atomic E-state index is 12.3. The Balaban J connectivity index is 0.000000214. The number of hydrogen-bond donors (Lipinski definition) is 6. The van der Waals surface area contributed by atoms with Crippen LogP contribution in [0.1, 0.15) is 107 Å². The number of hydrogen-bond acceptors (Lipinski definition) is 6. The quantitative estimate of drug-likeness (QED) is 0.0920. The van der Waals surface area contributed by atoms with Crippen molar-refractivity contribution >= 4 is 18.1 Å². The predicted molar refractivity (Wildman–Crippen MR) is 196 cm³/mol. The van der Waals surface area contributed by atoms with Gasteiger partial charge in [-0.3, -0.25) is 4.79 Å². The summed E-state index contributed by atoms with van der Waals surface area (Å²) in [6.45, 7) is 13.5. The number of carboxylic acids is 1. The minimum absolute atomic E-state index is 0.00431. The molecule has 4 aliphatic carbocycles. The summed E-state index contributed by atoms with van der Waals surface area (Å²) >= 11 is 0. The maximum atomic E-state index is 12.3. The fraction of sp³-hybridized carbons (Fsp3) is 0.465. The first-order chi connectivity index (χ1) is 23.3. The van der Waals surface area contributed by atoms with Crippen LogP contribution in [-0.4, -0.2) is 36.6 Å². The fourth-order valence-corrected chi connectivity index (χ4v) is 10.4. The van der Waals surface area contributed by atoms with E-state index in [0.29, 0.717) is 11.5 Å². The van der Waals surface area contributed by atoms with E-state index in [1.165, 1.54) is 17.2 Å². The Morgan fingerprint density at radius 1 is 0.740 bits per heavy atom. The summed E-state index contributed by atoms with van der Waals surface area (Å²) in [6, 6.07) is 12.9. The first-order valence-corrected chi connectivity index (χ1v) is 17.8. The average molecular weight is 681 g/mol. The third-order valence-corrected chi connectivity index (χ3v) is 13.9. The van der Waals surface area contributed by atoms with Gasteiger partial charge in [-0.05, 0) is 146 Å². The van der Waals surface area contributed by atoms with E-state index in [2.05, 4.69) is 33.8 Å². The lowest BCUT2D eigenvalue weighted by molar-refractivity contribution is -0.177. The van der Waals surface area contributed by atoms with Crippen LogP contribution < -0.4 is 0 Å². The van der Waals surface area contributed by atoms with E-state index in [0.717, 1.165) is 68.1 Å². The molecule has 0 heterocycles. The van der Waals surface area contributed by atoms with Crippen LogP contribution in [0.15, 0.2) is 60.2 Å². The Hall–Kier alpha value is -4.39. The van der Waals surface area contributed by atoms with Crippen LogP contribution in [0.2, 0.25) is 0 Å². The van der Waals surface area contributed by atoms with Crippen molar-refractivity contribution in [2.75, 3.05) is 0 Å². The molecule has 6 unspecified atom stereocenters. The van der Waals surface area contributed by atoms with Crippen LogP contribution in [-0.2, 0) is 16.6 Å². The molecule has 6 N–H and O–H groups in total. The van der Waals surface area contributed by atoms with Gasteiger partial charge in [-0.1, -0.05) is 63.6 Å². The lowest BCUT2D eigenvalue weighted by Crippen LogP contribution is -2.62. The summed E-state index contributed by atoms with van der Waals surface area (Å²) in [5.74, 6) is -0.0153. The minimum Gasteiger partial charge on any atom is -0.508 e. The summed E-state index contributed by atoms with van der Waals surface area (Å²) in [6.07, 6.45) is 13.6. The molecule has 0 radical (unpaired) electrons. The van der Waals surface area contributed by atoms with Gasteiger partial charge in [0.05, 0.1) is 5.41 Å². The van der Waals surface area contributed by atoms with Crippen molar-refractivity contribution in [1.29, 1.82) is 0 Å². The topological polar surface area (TPSA) is 138 Å². The van der Waals surface area contributed by atoms with Crippen molar-refractivity contribution in [3.05, 3.63) is 88.0 Å². The van der Waals surface area contributed by atoms with Gasteiger partial charge in [-0.25, -0.2) is 0 Å². The molecule has 0 saturated heterocycles. The number of rotatable bonds is 3. The molecule has 4 aliphatic rings. The highest BCUT2D eigenvalue weighted by molar-refractivity contribution is 5.74. The van der Waals surface area contributed by atoms with Crippen LogP contribution in [0.3, 0.4) is 0 Å². The highest BCUT2D eigenvalue weighted by atomic mass is 16.4. The van der Waals surface area contributed by atoms with Crippen molar-refractivity contribution in [3.63, 3.8) is 0 Å². The third-order valence-electron chi connectivity index (χ3n) is 13.9. The zero-order valence-electron chi connectivity index (χ0n) is 30.2. The highest BCUT2D eigenvalue weighted by Gasteiger charge is 2.67. The normalized spacial score (nSPS) is 32.8. The summed E-state index contributed by atoms with van der Waals surface area (Å²) in [4.78, 5) is 12.3. The number of carbonyl (C=O) groups is 1. The lowest BCUT2D eigenvalue weighted by Gasteiger charge is -2.69. The summed E-state index contributed by atoms with van der Waals surface area (Å²) in [5.41, 5.74) is 5.63. The van der Waals surface area contributed by atoms with Crippen LogP contribution in [0.4, 0.5) is 0 Å². The Morgan fingerprint density at radius 2 is 1.36 bits per heavy atom.